The van der Waals surface area contributed by atoms with Crippen LogP contribution in [0.1, 0.15) is 35.3 Å². The maximum atomic E-state index is 15.1. The molecule has 0 radical (unpaired) electrons. The smallest absolute Gasteiger partial charge is 0.340 e. The summed E-state index contributed by atoms with van der Waals surface area (Å²) in [5.74, 6) is -4.11. The minimum Gasteiger partial charge on any atom is -0.462 e. The third kappa shape index (κ3) is 3.62. The van der Waals surface area contributed by atoms with Gasteiger partial charge in [-0.3, -0.25) is 0 Å². The van der Waals surface area contributed by atoms with E-state index < -0.39 is 39.4 Å². The van der Waals surface area contributed by atoms with Crippen molar-refractivity contribution in [3.8, 4) is 6.07 Å². The summed E-state index contributed by atoms with van der Waals surface area (Å²) in [6.07, 6.45) is 2.62. The number of aromatic nitrogens is 1. The molecule has 1 atom stereocenters. The molecule has 0 N–H and O–H groups in total. The van der Waals surface area contributed by atoms with Crippen molar-refractivity contribution in [2.45, 2.75) is 24.3 Å². The van der Waals surface area contributed by atoms with Gasteiger partial charge < -0.3 is 4.74 Å². The number of hydrogen-bond acceptors (Lipinski definition) is 5. The Balaban J connectivity index is 2.89. The number of carbonyl (C=O) groups is 1. The third-order valence-corrected chi connectivity index (χ3v) is 4.99. The summed E-state index contributed by atoms with van der Waals surface area (Å²) < 4.78 is 48.2. The van der Waals surface area contributed by atoms with Crippen molar-refractivity contribution < 1.29 is 22.7 Å². The zero-order chi connectivity index (χ0) is 20.4. The van der Waals surface area contributed by atoms with Gasteiger partial charge in [-0.1, -0.05) is 17.7 Å². The molecule has 27 heavy (non-hydrogen) atoms. The zero-order valence-corrected chi connectivity index (χ0v) is 16.1. The minimum atomic E-state index is -2.00. The van der Waals surface area contributed by atoms with Crippen molar-refractivity contribution in [3.05, 3.63) is 57.5 Å². The summed E-state index contributed by atoms with van der Waals surface area (Å²) in [6.45, 7) is 2.77. The lowest BCUT2D eigenvalue weighted by Gasteiger charge is -2.26. The fraction of sp³-hybridized carbons (Fsp3) is 0.278. The lowest BCUT2D eigenvalue weighted by atomic mass is 9.75. The van der Waals surface area contributed by atoms with E-state index in [0.717, 1.165) is 30.1 Å². The lowest BCUT2D eigenvalue weighted by Crippen LogP contribution is -2.29. The number of thioether (sulfide) groups is 1. The molecule has 1 unspecified atom stereocenters. The van der Waals surface area contributed by atoms with Gasteiger partial charge in [0.15, 0.2) is 5.82 Å². The summed E-state index contributed by atoms with van der Waals surface area (Å²) in [7, 11) is 0. The highest BCUT2D eigenvalue weighted by Gasteiger charge is 2.40. The maximum absolute atomic E-state index is 15.1. The fourth-order valence-electron chi connectivity index (χ4n) is 2.63. The standard InChI is InChI=1S/C18H14ClF3N2O2S/c1-4-26-17(25)9-7-24-16(27-3)15(22)12(9)18(2,8-23)10-5-6-11(20)13(19)14(10)21/h5-7H,4H2,1-3H3. The first-order valence-electron chi connectivity index (χ1n) is 7.68. The van der Waals surface area contributed by atoms with Crippen LogP contribution in [0.25, 0.3) is 0 Å². The molecular formula is C18H14ClF3N2O2S. The molecule has 1 aromatic carbocycles. The second-order valence-corrected chi connectivity index (χ2v) is 6.72. The Morgan fingerprint density at radius 1 is 1.37 bits per heavy atom. The highest BCUT2D eigenvalue weighted by molar-refractivity contribution is 7.98. The number of nitriles is 1. The van der Waals surface area contributed by atoms with Crippen LogP contribution < -0.4 is 0 Å². The second kappa shape index (κ2) is 8.19. The SMILES string of the molecule is CCOC(=O)c1cnc(SC)c(F)c1C(C)(C#N)c1ccc(F)c(Cl)c1F. The van der Waals surface area contributed by atoms with Crippen LogP contribution in [0.4, 0.5) is 13.2 Å². The van der Waals surface area contributed by atoms with Crippen LogP contribution >= 0.6 is 23.4 Å². The number of nitrogens with zero attached hydrogens (tertiary/aromatic N) is 2. The Labute approximate surface area is 163 Å². The largest absolute Gasteiger partial charge is 0.462 e. The molecular weight excluding hydrogens is 401 g/mol. The maximum Gasteiger partial charge on any atom is 0.340 e. The van der Waals surface area contributed by atoms with Gasteiger partial charge in [-0.25, -0.2) is 22.9 Å². The van der Waals surface area contributed by atoms with Crippen LogP contribution in [0, 0.1) is 28.8 Å². The number of pyridine rings is 1. The van der Waals surface area contributed by atoms with E-state index in [1.54, 1.807) is 13.2 Å². The average molecular weight is 415 g/mol. The number of hydrogen-bond donors (Lipinski definition) is 0. The molecule has 2 aromatic rings. The molecule has 0 spiro atoms. The lowest BCUT2D eigenvalue weighted by molar-refractivity contribution is 0.0522. The van der Waals surface area contributed by atoms with Crippen LogP contribution in [0.2, 0.25) is 5.02 Å². The first-order valence-corrected chi connectivity index (χ1v) is 9.28. The molecule has 2 rings (SSSR count). The molecule has 4 nitrogen and oxygen atoms in total. The van der Waals surface area contributed by atoms with Gasteiger partial charge in [0, 0.05) is 17.3 Å². The van der Waals surface area contributed by atoms with E-state index >= 15 is 4.39 Å². The van der Waals surface area contributed by atoms with Gasteiger partial charge in [0.25, 0.3) is 0 Å². The molecule has 1 heterocycles. The number of ether oxygens (including phenoxy) is 1. The number of benzene rings is 1. The number of halogens is 4. The van der Waals surface area contributed by atoms with Crippen molar-refractivity contribution in [2.24, 2.45) is 0 Å². The van der Waals surface area contributed by atoms with Gasteiger partial charge in [0.1, 0.15) is 27.1 Å². The van der Waals surface area contributed by atoms with Gasteiger partial charge in [-0.2, -0.15) is 5.26 Å². The van der Waals surface area contributed by atoms with E-state index in [9.17, 15) is 18.8 Å². The molecule has 0 amide bonds. The first kappa shape index (κ1) is 21.1. The third-order valence-electron chi connectivity index (χ3n) is 3.97. The molecule has 0 aliphatic heterocycles. The van der Waals surface area contributed by atoms with Gasteiger partial charge in [0.2, 0.25) is 0 Å². The molecule has 9 heteroatoms. The van der Waals surface area contributed by atoms with Gasteiger partial charge in [-0.15, -0.1) is 11.8 Å². The molecule has 0 saturated heterocycles. The predicted molar refractivity (Wildman–Crippen MR) is 95.4 cm³/mol. The van der Waals surface area contributed by atoms with Gasteiger partial charge in [-0.05, 0) is 26.2 Å². The number of esters is 1. The summed E-state index contributed by atoms with van der Waals surface area (Å²) in [4.78, 5) is 16.1. The summed E-state index contributed by atoms with van der Waals surface area (Å²) in [5, 5.41) is 8.88. The molecule has 1 aromatic heterocycles. The van der Waals surface area contributed by atoms with Gasteiger partial charge >= 0.3 is 5.97 Å². The second-order valence-electron chi connectivity index (χ2n) is 5.55. The average Bonchev–Trinajstić information content (AvgIpc) is 2.65. The molecule has 0 aliphatic rings. The summed E-state index contributed by atoms with van der Waals surface area (Å²) in [5.41, 5.74) is -3.11. The molecule has 0 aliphatic carbocycles. The molecule has 0 bridgehead atoms. The Morgan fingerprint density at radius 2 is 2.04 bits per heavy atom. The predicted octanol–water partition coefficient (Wildman–Crippen LogP) is 4.88. The van der Waals surface area contributed by atoms with Crippen LogP contribution in [-0.2, 0) is 10.2 Å². The van der Waals surface area contributed by atoms with Gasteiger partial charge in [0.05, 0.1) is 18.2 Å². The zero-order valence-electron chi connectivity index (χ0n) is 14.6. The van der Waals surface area contributed by atoms with Crippen LogP contribution in [-0.4, -0.2) is 23.8 Å². The van der Waals surface area contributed by atoms with E-state index in [-0.39, 0.29) is 22.8 Å². The quantitative estimate of drug-likeness (QED) is 0.396. The normalized spacial score (nSPS) is 13.0. The Bertz CT molecular complexity index is 949. The van der Waals surface area contributed by atoms with Crippen LogP contribution in [0.5, 0.6) is 0 Å². The van der Waals surface area contributed by atoms with E-state index in [1.807, 2.05) is 6.07 Å². The fourth-order valence-corrected chi connectivity index (χ4v) is 3.23. The van der Waals surface area contributed by atoms with E-state index in [1.165, 1.54) is 6.92 Å². The van der Waals surface area contributed by atoms with Crippen molar-refractivity contribution >= 4 is 29.3 Å². The Kier molecular flexibility index (Phi) is 6.39. The molecule has 0 fully saturated rings. The van der Waals surface area contributed by atoms with Crippen molar-refractivity contribution in [2.75, 3.05) is 12.9 Å². The van der Waals surface area contributed by atoms with E-state index in [2.05, 4.69) is 4.98 Å². The Hall–Kier alpha value is -2.24. The molecule has 142 valence electrons. The van der Waals surface area contributed by atoms with Crippen LogP contribution in [0.15, 0.2) is 23.4 Å². The van der Waals surface area contributed by atoms with Crippen LogP contribution in [0.3, 0.4) is 0 Å². The summed E-state index contributed by atoms with van der Waals surface area (Å²) >= 11 is 6.57. The van der Waals surface area contributed by atoms with Crippen molar-refractivity contribution in [1.29, 1.82) is 5.26 Å². The highest BCUT2D eigenvalue weighted by Crippen LogP contribution is 2.40. The Morgan fingerprint density at radius 3 is 2.59 bits per heavy atom. The van der Waals surface area contributed by atoms with Crippen molar-refractivity contribution in [3.63, 3.8) is 0 Å². The molecule has 0 saturated carbocycles. The summed E-state index contributed by atoms with van der Waals surface area (Å²) in [6, 6.07) is 3.69. The number of carbonyl (C=O) groups excluding carboxylic acids is 1. The van der Waals surface area contributed by atoms with E-state index in [4.69, 9.17) is 16.3 Å². The first-order chi connectivity index (χ1) is 12.7. The number of rotatable bonds is 5. The topological polar surface area (TPSA) is 63.0 Å². The highest BCUT2D eigenvalue weighted by atomic mass is 35.5. The minimum absolute atomic E-state index is 0.00414. The van der Waals surface area contributed by atoms with E-state index in [0.29, 0.717) is 0 Å². The monoisotopic (exact) mass is 414 g/mol. The van der Waals surface area contributed by atoms with Crippen molar-refractivity contribution in [1.82, 2.24) is 4.98 Å².